The highest BCUT2D eigenvalue weighted by molar-refractivity contribution is 6.25. The summed E-state index contributed by atoms with van der Waals surface area (Å²) in [7, 11) is 0. The Bertz CT molecular complexity index is 968. The van der Waals surface area contributed by atoms with Crippen molar-refractivity contribution >= 4 is 28.5 Å². The first-order valence-electron chi connectivity index (χ1n) is 10.00. The summed E-state index contributed by atoms with van der Waals surface area (Å²) in [5.41, 5.74) is 0.885. The van der Waals surface area contributed by atoms with E-state index in [0.29, 0.717) is 29.5 Å². The molecule has 30 heavy (non-hydrogen) atoms. The molecule has 2 heterocycles. The van der Waals surface area contributed by atoms with E-state index in [1.54, 1.807) is 24.3 Å². The first-order valence-corrected chi connectivity index (χ1v) is 10.00. The highest BCUT2D eigenvalue weighted by Crippen LogP contribution is 2.33. The van der Waals surface area contributed by atoms with Gasteiger partial charge in [-0.1, -0.05) is 24.3 Å². The van der Waals surface area contributed by atoms with E-state index in [4.69, 9.17) is 0 Å². The fourth-order valence-electron chi connectivity index (χ4n) is 4.30. The molecule has 3 amide bonds. The molecule has 5 nitrogen and oxygen atoms in total. The summed E-state index contributed by atoms with van der Waals surface area (Å²) in [6, 6.07) is 10.5. The first-order chi connectivity index (χ1) is 14.3. The van der Waals surface area contributed by atoms with Crippen LogP contribution in [0.4, 0.5) is 13.2 Å². The number of amides is 3. The molecule has 0 spiro atoms. The molecule has 0 radical (unpaired) electrons. The average molecular weight is 418 g/mol. The maximum Gasteiger partial charge on any atom is 0.393 e. The summed E-state index contributed by atoms with van der Waals surface area (Å²) >= 11 is 0. The van der Waals surface area contributed by atoms with Crippen LogP contribution < -0.4 is 0 Å². The van der Waals surface area contributed by atoms with E-state index < -0.39 is 23.9 Å². The largest absolute Gasteiger partial charge is 0.393 e. The Labute approximate surface area is 171 Å². The number of likely N-dealkylation sites (tertiary alicyclic amines) is 1. The zero-order valence-corrected chi connectivity index (χ0v) is 16.2. The summed E-state index contributed by atoms with van der Waals surface area (Å²) in [6.07, 6.45) is -3.75. The summed E-state index contributed by atoms with van der Waals surface area (Å²) in [4.78, 5) is 40.4. The molecular formula is C22H21F3N2O3. The summed E-state index contributed by atoms with van der Waals surface area (Å²) < 4.78 is 38.9. The molecule has 0 aromatic heterocycles. The predicted molar refractivity (Wildman–Crippen MR) is 104 cm³/mol. The van der Waals surface area contributed by atoms with Crippen LogP contribution in [0, 0.1) is 5.92 Å². The average Bonchev–Trinajstić information content (AvgIpc) is 2.73. The molecule has 1 saturated heterocycles. The van der Waals surface area contributed by atoms with Crippen molar-refractivity contribution in [2.45, 2.75) is 31.9 Å². The maximum atomic E-state index is 13.0. The van der Waals surface area contributed by atoms with Crippen molar-refractivity contribution in [2.75, 3.05) is 19.6 Å². The van der Waals surface area contributed by atoms with Crippen molar-refractivity contribution in [3.8, 4) is 0 Å². The Balaban J connectivity index is 1.41. The van der Waals surface area contributed by atoms with Crippen LogP contribution in [-0.4, -0.2) is 53.3 Å². The number of halogens is 3. The van der Waals surface area contributed by atoms with E-state index >= 15 is 0 Å². The van der Waals surface area contributed by atoms with E-state index in [1.165, 1.54) is 4.90 Å². The number of alkyl halides is 3. The van der Waals surface area contributed by atoms with E-state index in [1.807, 2.05) is 12.1 Å². The monoisotopic (exact) mass is 418 g/mol. The van der Waals surface area contributed by atoms with Crippen molar-refractivity contribution in [1.29, 1.82) is 0 Å². The molecule has 0 saturated carbocycles. The quantitative estimate of drug-likeness (QED) is 0.705. The molecule has 8 heteroatoms. The SMILES string of the molecule is O=C(CCCN1C(=O)c2cccc3cccc(c23)C1=O)N1CCC[C@H](C(F)(F)F)C1. The molecule has 0 N–H and O–H groups in total. The zero-order valence-electron chi connectivity index (χ0n) is 16.2. The minimum atomic E-state index is -4.31. The summed E-state index contributed by atoms with van der Waals surface area (Å²) in [5, 5.41) is 1.44. The van der Waals surface area contributed by atoms with E-state index in [-0.39, 0.29) is 38.3 Å². The van der Waals surface area contributed by atoms with Crippen LogP contribution in [0.5, 0.6) is 0 Å². The van der Waals surface area contributed by atoms with Gasteiger partial charge in [-0.25, -0.2) is 0 Å². The van der Waals surface area contributed by atoms with Gasteiger partial charge in [0.25, 0.3) is 11.8 Å². The van der Waals surface area contributed by atoms with E-state index in [0.717, 1.165) is 10.3 Å². The van der Waals surface area contributed by atoms with Gasteiger partial charge in [0.1, 0.15) is 0 Å². The van der Waals surface area contributed by atoms with Crippen molar-refractivity contribution in [3.05, 3.63) is 47.5 Å². The smallest absolute Gasteiger partial charge is 0.342 e. The number of nitrogens with zero attached hydrogens (tertiary/aromatic N) is 2. The lowest BCUT2D eigenvalue weighted by Gasteiger charge is -2.34. The molecule has 1 atom stereocenters. The second-order valence-electron chi connectivity index (χ2n) is 7.80. The van der Waals surface area contributed by atoms with Gasteiger partial charge >= 0.3 is 6.18 Å². The Kier molecular flexibility index (Phi) is 5.26. The number of carbonyl (C=O) groups is 3. The number of benzene rings is 2. The van der Waals surface area contributed by atoms with Gasteiger partial charge in [0.2, 0.25) is 5.91 Å². The number of piperidine rings is 1. The Morgan fingerprint density at radius 3 is 2.27 bits per heavy atom. The molecule has 2 aromatic carbocycles. The number of rotatable bonds is 4. The molecule has 1 fully saturated rings. The lowest BCUT2D eigenvalue weighted by molar-refractivity contribution is -0.188. The van der Waals surface area contributed by atoms with Crippen LogP contribution in [0.2, 0.25) is 0 Å². The molecule has 0 aliphatic carbocycles. The third kappa shape index (κ3) is 3.66. The van der Waals surface area contributed by atoms with E-state index in [2.05, 4.69) is 0 Å². The van der Waals surface area contributed by atoms with Gasteiger partial charge in [-0.2, -0.15) is 13.2 Å². The van der Waals surface area contributed by atoms with Gasteiger partial charge in [0, 0.05) is 42.6 Å². The van der Waals surface area contributed by atoms with E-state index in [9.17, 15) is 27.6 Å². The zero-order chi connectivity index (χ0) is 21.5. The van der Waals surface area contributed by atoms with Crippen LogP contribution in [0.25, 0.3) is 10.8 Å². The van der Waals surface area contributed by atoms with Crippen LogP contribution in [0.3, 0.4) is 0 Å². The highest BCUT2D eigenvalue weighted by Gasteiger charge is 2.42. The normalized spacial score (nSPS) is 19.5. The van der Waals surface area contributed by atoms with Crippen LogP contribution in [0.1, 0.15) is 46.4 Å². The van der Waals surface area contributed by atoms with Gasteiger partial charge < -0.3 is 4.90 Å². The third-order valence-corrected chi connectivity index (χ3v) is 5.87. The molecule has 0 unspecified atom stereocenters. The van der Waals surface area contributed by atoms with Crippen molar-refractivity contribution in [2.24, 2.45) is 5.92 Å². The molecular weight excluding hydrogens is 397 g/mol. The minimum absolute atomic E-state index is 0.00646. The Morgan fingerprint density at radius 1 is 1.03 bits per heavy atom. The summed E-state index contributed by atoms with van der Waals surface area (Å²) in [5.74, 6) is -2.68. The molecule has 158 valence electrons. The third-order valence-electron chi connectivity index (χ3n) is 5.87. The lowest BCUT2D eigenvalue weighted by Crippen LogP contribution is -2.45. The first kappa shape index (κ1) is 20.4. The number of carbonyl (C=O) groups excluding carboxylic acids is 3. The fraction of sp³-hybridized carbons (Fsp3) is 0.409. The van der Waals surface area contributed by atoms with Gasteiger partial charge in [0.05, 0.1) is 5.92 Å². The van der Waals surface area contributed by atoms with Crippen molar-refractivity contribution in [3.63, 3.8) is 0 Å². The van der Waals surface area contributed by atoms with Crippen molar-refractivity contribution in [1.82, 2.24) is 9.80 Å². The maximum absolute atomic E-state index is 13.0. The summed E-state index contributed by atoms with van der Waals surface area (Å²) in [6.45, 7) is 0.0340. The molecule has 2 aliphatic rings. The lowest BCUT2D eigenvalue weighted by atomic mass is 9.94. The molecule has 4 rings (SSSR count). The number of hydrogen-bond acceptors (Lipinski definition) is 3. The minimum Gasteiger partial charge on any atom is -0.342 e. The second-order valence-corrected chi connectivity index (χ2v) is 7.80. The fourth-order valence-corrected chi connectivity index (χ4v) is 4.30. The predicted octanol–water partition coefficient (Wildman–Crippen LogP) is 4.02. The molecule has 2 aliphatic heterocycles. The number of imide groups is 1. The van der Waals surface area contributed by atoms with Crippen molar-refractivity contribution < 1.29 is 27.6 Å². The Morgan fingerprint density at radius 2 is 1.67 bits per heavy atom. The van der Waals surface area contributed by atoms with Gasteiger partial charge in [-0.15, -0.1) is 0 Å². The van der Waals surface area contributed by atoms with Crippen LogP contribution >= 0.6 is 0 Å². The standard InChI is InChI=1S/C22H21F3N2O3/c23-22(24,25)15-7-3-11-26(13-15)18(28)10-4-12-27-20(29)16-8-1-5-14-6-2-9-17(19(14)16)21(27)30/h1-2,5-6,8-9,15H,3-4,7,10-13H2/t15-/m0/s1. The van der Waals surface area contributed by atoms with Gasteiger partial charge in [-0.3, -0.25) is 19.3 Å². The number of hydrogen-bond donors (Lipinski definition) is 0. The second kappa shape index (κ2) is 7.74. The molecule has 2 aromatic rings. The molecule has 0 bridgehead atoms. The Hall–Kier alpha value is -2.90. The topological polar surface area (TPSA) is 57.7 Å². The highest BCUT2D eigenvalue weighted by atomic mass is 19.4. The van der Waals surface area contributed by atoms with Gasteiger partial charge in [0.15, 0.2) is 0 Å². The van der Waals surface area contributed by atoms with Crippen LogP contribution in [0.15, 0.2) is 36.4 Å². The van der Waals surface area contributed by atoms with Crippen LogP contribution in [-0.2, 0) is 4.79 Å². The van der Waals surface area contributed by atoms with Gasteiger partial charge in [-0.05, 0) is 36.8 Å².